The number of carbonyl (C=O) groups is 1. The standard InChI is InChI=1S/C11H15N5O/c1-8(12-2)6-14-11(17)9-7-15-16-5-3-4-13-10(9)16/h3-5,7-8,12H,6H2,1-2H3,(H,14,17). The number of hydrogen-bond donors (Lipinski definition) is 2. The van der Waals surface area contributed by atoms with Crippen LogP contribution >= 0.6 is 0 Å². The molecule has 0 aliphatic rings. The van der Waals surface area contributed by atoms with Gasteiger partial charge in [0.15, 0.2) is 5.65 Å². The lowest BCUT2D eigenvalue weighted by atomic mass is 10.3. The Morgan fingerprint density at radius 1 is 1.59 bits per heavy atom. The minimum absolute atomic E-state index is 0.152. The molecule has 0 aliphatic heterocycles. The van der Waals surface area contributed by atoms with Gasteiger partial charge in [-0.25, -0.2) is 9.50 Å². The first kappa shape index (κ1) is 11.5. The summed E-state index contributed by atoms with van der Waals surface area (Å²) in [5.74, 6) is -0.152. The fourth-order valence-corrected chi connectivity index (χ4v) is 1.43. The molecule has 0 radical (unpaired) electrons. The van der Waals surface area contributed by atoms with Crippen molar-refractivity contribution in [2.75, 3.05) is 13.6 Å². The van der Waals surface area contributed by atoms with Crippen LogP contribution in [0, 0.1) is 0 Å². The Morgan fingerprint density at radius 2 is 2.41 bits per heavy atom. The largest absolute Gasteiger partial charge is 0.350 e. The van der Waals surface area contributed by atoms with E-state index in [4.69, 9.17) is 0 Å². The van der Waals surface area contributed by atoms with Gasteiger partial charge < -0.3 is 10.6 Å². The van der Waals surface area contributed by atoms with Crippen molar-refractivity contribution >= 4 is 11.6 Å². The molecule has 6 nitrogen and oxygen atoms in total. The normalized spacial score (nSPS) is 12.6. The summed E-state index contributed by atoms with van der Waals surface area (Å²) in [5.41, 5.74) is 1.07. The van der Waals surface area contributed by atoms with Gasteiger partial charge in [-0.1, -0.05) is 0 Å². The fraction of sp³-hybridized carbons (Fsp3) is 0.364. The maximum Gasteiger partial charge on any atom is 0.256 e. The Bertz CT molecular complexity index is 521. The van der Waals surface area contributed by atoms with Gasteiger partial charge in [0.25, 0.3) is 5.91 Å². The molecule has 0 aromatic carbocycles. The number of amides is 1. The van der Waals surface area contributed by atoms with Gasteiger partial charge in [-0.2, -0.15) is 5.10 Å². The molecule has 2 aromatic rings. The monoisotopic (exact) mass is 233 g/mol. The summed E-state index contributed by atoms with van der Waals surface area (Å²) in [6, 6.07) is 2.00. The fourth-order valence-electron chi connectivity index (χ4n) is 1.43. The van der Waals surface area contributed by atoms with Crippen LogP contribution in [-0.2, 0) is 0 Å². The minimum atomic E-state index is -0.152. The van der Waals surface area contributed by atoms with Crippen LogP contribution in [0.25, 0.3) is 5.65 Å². The second-order valence-corrected chi connectivity index (χ2v) is 3.85. The van der Waals surface area contributed by atoms with Gasteiger partial charge in [-0.05, 0) is 20.0 Å². The maximum atomic E-state index is 11.9. The van der Waals surface area contributed by atoms with Gasteiger partial charge in [0, 0.05) is 25.0 Å². The number of nitrogens with zero attached hydrogens (tertiary/aromatic N) is 3. The molecule has 0 bridgehead atoms. The Labute approximate surface area is 99.0 Å². The highest BCUT2D eigenvalue weighted by Gasteiger charge is 2.13. The van der Waals surface area contributed by atoms with E-state index < -0.39 is 0 Å². The zero-order chi connectivity index (χ0) is 12.3. The van der Waals surface area contributed by atoms with Crippen molar-refractivity contribution in [2.24, 2.45) is 0 Å². The van der Waals surface area contributed by atoms with Gasteiger partial charge in [0.2, 0.25) is 0 Å². The second-order valence-electron chi connectivity index (χ2n) is 3.85. The predicted molar refractivity (Wildman–Crippen MR) is 63.8 cm³/mol. The van der Waals surface area contributed by atoms with E-state index >= 15 is 0 Å². The van der Waals surface area contributed by atoms with Crippen LogP contribution in [0.2, 0.25) is 0 Å². The van der Waals surface area contributed by atoms with Crippen LogP contribution in [0.3, 0.4) is 0 Å². The average molecular weight is 233 g/mol. The first-order chi connectivity index (χ1) is 8.22. The summed E-state index contributed by atoms with van der Waals surface area (Å²) >= 11 is 0. The Morgan fingerprint density at radius 3 is 3.18 bits per heavy atom. The molecule has 6 heteroatoms. The molecule has 1 unspecified atom stereocenters. The molecule has 0 saturated carbocycles. The van der Waals surface area contributed by atoms with E-state index in [2.05, 4.69) is 20.7 Å². The highest BCUT2D eigenvalue weighted by Crippen LogP contribution is 2.06. The lowest BCUT2D eigenvalue weighted by Crippen LogP contribution is -2.37. The molecule has 0 spiro atoms. The highest BCUT2D eigenvalue weighted by atomic mass is 16.1. The number of aromatic nitrogens is 3. The molecule has 1 atom stereocenters. The van der Waals surface area contributed by atoms with E-state index in [-0.39, 0.29) is 11.9 Å². The van der Waals surface area contributed by atoms with Crippen LogP contribution in [0.4, 0.5) is 0 Å². The van der Waals surface area contributed by atoms with E-state index in [1.807, 2.05) is 14.0 Å². The summed E-state index contributed by atoms with van der Waals surface area (Å²) in [4.78, 5) is 16.0. The van der Waals surface area contributed by atoms with Crippen molar-refractivity contribution < 1.29 is 4.79 Å². The number of carbonyl (C=O) groups excluding carboxylic acids is 1. The van der Waals surface area contributed by atoms with Gasteiger partial charge in [-0.3, -0.25) is 4.79 Å². The van der Waals surface area contributed by atoms with Crippen LogP contribution in [0.1, 0.15) is 17.3 Å². The molecule has 0 aliphatic carbocycles. The molecule has 0 fully saturated rings. The lowest BCUT2D eigenvalue weighted by molar-refractivity contribution is 0.0952. The van der Waals surface area contributed by atoms with Gasteiger partial charge in [-0.15, -0.1) is 0 Å². The van der Waals surface area contributed by atoms with Crippen molar-refractivity contribution in [2.45, 2.75) is 13.0 Å². The van der Waals surface area contributed by atoms with Crippen molar-refractivity contribution in [1.82, 2.24) is 25.2 Å². The number of hydrogen-bond acceptors (Lipinski definition) is 4. The Kier molecular flexibility index (Phi) is 3.34. The third-order valence-electron chi connectivity index (χ3n) is 2.59. The third kappa shape index (κ3) is 2.42. The molecule has 2 rings (SSSR count). The first-order valence-corrected chi connectivity index (χ1v) is 5.46. The first-order valence-electron chi connectivity index (χ1n) is 5.46. The zero-order valence-corrected chi connectivity index (χ0v) is 9.84. The van der Waals surface area contributed by atoms with Gasteiger partial charge >= 0.3 is 0 Å². The van der Waals surface area contributed by atoms with Crippen LogP contribution in [-0.4, -0.2) is 40.1 Å². The SMILES string of the molecule is CNC(C)CNC(=O)c1cnn2cccnc12. The number of fused-ring (bicyclic) bond motifs is 1. The van der Waals surface area contributed by atoms with Gasteiger partial charge in [0.05, 0.1) is 6.20 Å². The minimum Gasteiger partial charge on any atom is -0.350 e. The summed E-state index contributed by atoms with van der Waals surface area (Å²) < 4.78 is 1.58. The van der Waals surface area contributed by atoms with Crippen molar-refractivity contribution in [3.63, 3.8) is 0 Å². The quantitative estimate of drug-likeness (QED) is 0.783. The molecule has 2 N–H and O–H groups in total. The summed E-state index contributed by atoms with van der Waals surface area (Å²) in [6.07, 6.45) is 4.93. The Balaban J connectivity index is 2.14. The highest BCUT2D eigenvalue weighted by molar-refractivity contribution is 5.99. The van der Waals surface area contributed by atoms with E-state index in [1.165, 1.54) is 6.20 Å². The topological polar surface area (TPSA) is 71.3 Å². The smallest absolute Gasteiger partial charge is 0.256 e. The van der Waals surface area contributed by atoms with Crippen LogP contribution in [0.15, 0.2) is 24.7 Å². The van der Waals surface area contributed by atoms with Gasteiger partial charge in [0.1, 0.15) is 5.56 Å². The third-order valence-corrected chi connectivity index (χ3v) is 2.59. The molecule has 17 heavy (non-hydrogen) atoms. The van der Waals surface area contributed by atoms with Crippen LogP contribution < -0.4 is 10.6 Å². The predicted octanol–water partition coefficient (Wildman–Crippen LogP) is 0.0670. The molecule has 2 heterocycles. The molecular weight excluding hydrogens is 218 g/mol. The van der Waals surface area contributed by atoms with E-state index in [1.54, 1.807) is 23.0 Å². The zero-order valence-electron chi connectivity index (χ0n) is 9.84. The molecule has 1 amide bonds. The van der Waals surface area contributed by atoms with Crippen molar-refractivity contribution in [3.8, 4) is 0 Å². The molecule has 0 saturated heterocycles. The van der Waals surface area contributed by atoms with E-state index in [9.17, 15) is 4.79 Å². The molecular formula is C11H15N5O. The van der Waals surface area contributed by atoms with Crippen molar-refractivity contribution in [3.05, 3.63) is 30.2 Å². The number of likely N-dealkylation sites (N-methyl/N-ethyl adjacent to an activating group) is 1. The lowest BCUT2D eigenvalue weighted by Gasteiger charge is -2.10. The Hall–Kier alpha value is -1.95. The van der Waals surface area contributed by atoms with E-state index in [0.717, 1.165) is 0 Å². The maximum absolute atomic E-state index is 11.9. The number of rotatable bonds is 4. The summed E-state index contributed by atoms with van der Waals surface area (Å²) in [7, 11) is 1.85. The number of nitrogens with one attached hydrogen (secondary N) is 2. The summed E-state index contributed by atoms with van der Waals surface area (Å²) in [6.45, 7) is 2.56. The van der Waals surface area contributed by atoms with Crippen molar-refractivity contribution in [1.29, 1.82) is 0 Å². The van der Waals surface area contributed by atoms with E-state index in [0.29, 0.717) is 17.8 Å². The second kappa shape index (κ2) is 4.92. The molecule has 90 valence electrons. The average Bonchev–Trinajstić information content (AvgIpc) is 2.79. The van der Waals surface area contributed by atoms with Crippen LogP contribution in [0.5, 0.6) is 0 Å². The molecule has 2 aromatic heterocycles. The summed E-state index contributed by atoms with van der Waals surface area (Å²) in [5, 5.41) is 9.95.